The van der Waals surface area contributed by atoms with Gasteiger partial charge in [0.1, 0.15) is 5.82 Å². The van der Waals surface area contributed by atoms with Crippen molar-refractivity contribution in [2.24, 2.45) is 5.90 Å². The van der Waals surface area contributed by atoms with Crippen molar-refractivity contribution in [2.45, 2.75) is 36.3 Å². The van der Waals surface area contributed by atoms with Gasteiger partial charge in [-0.2, -0.15) is 0 Å². The second kappa shape index (κ2) is 11.2. The number of halogens is 1. The summed E-state index contributed by atoms with van der Waals surface area (Å²) >= 11 is 0. The van der Waals surface area contributed by atoms with Crippen molar-refractivity contribution >= 4 is 21.4 Å². The summed E-state index contributed by atoms with van der Waals surface area (Å²) in [4.78, 5) is 20.2. The quantitative estimate of drug-likeness (QED) is 0.397. The fraction of sp³-hybridized carbons (Fsp3) is 0.250. The molecule has 2 unspecified atom stereocenters. The fourth-order valence-corrected chi connectivity index (χ4v) is 4.28. The molecule has 0 bridgehead atoms. The van der Waals surface area contributed by atoms with Crippen LogP contribution < -0.4 is 5.90 Å². The van der Waals surface area contributed by atoms with E-state index < -0.39 is 21.9 Å². The second-order valence-corrected chi connectivity index (χ2v) is 9.87. The summed E-state index contributed by atoms with van der Waals surface area (Å²) in [6, 6.07) is 12.4. The third-order valence-electron chi connectivity index (χ3n) is 5.43. The highest BCUT2D eigenvalue weighted by Crippen LogP contribution is 2.32. The molecule has 8 nitrogen and oxygen atoms in total. The Balaban J connectivity index is 2.03. The van der Waals surface area contributed by atoms with Crippen LogP contribution in [-0.4, -0.2) is 41.4 Å². The Morgan fingerprint density at radius 3 is 2.41 bits per heavy atom. The molecule has 3 rings (SSSR count). The number of benzene rings is 2. The van der Waals surface area contributed by atoms with Gasteiger partial charge in [-0.05, 0) is 60.2 Å². The van der Waals surface area contributed by atoms with Crippen LogP contribution in [0.25, 0.3) is 5.57 Å². The van der Waals surface area contributed by atoms with Crippen molar-refractivity contribution < 1.29 is 27.5 Å². The number of nitrogens with two attached hydrogens (primary N) is 1. The van der Waals surface area contributed by atoms with Crippen molar-refractivity contribution in [3.8, 4) is 0 Å². The van der Waals surface area contributed by atoms with Crippen LogP contribution in [0.1, 0.15) is 30.0 Å². The van der Waals surface area contributed by atoms with E-state index in [1.165, 1.54) is 24.3 Å². The van der Waals surface area contributed by atoms with E-state index in [9.17, 15) is 22.7 Å². The minimum Gasteiger partial charge on any atom is -0.479 e. The molecule has 180 valence electrons. The van der Waals surface area contributed by atoms with Gasteiger partial charge >= 0.3 is 5.97 Å². The predicted molar refractivity (Wildman–Crippen MR) is 125 cm³/mol. The van der Waals surface area contributed by atoms with Gasteiger partial charge in [-0.25, -0.2) is 28.5 Å². The van der Waals surface area contributed by atoms with E-state index in [1.54, 1.807) is 43.0 Å². The minimum atomic E-state index is -3.37. The Morgan fingerprint density at radius 1 is 1.21 bits per heavy atom. The van der Waals surface area contributed by atoms with Crippen LogP contribution in [0.5, 0.6) is 0 Å². The molecule has 1 aromatic heterocycles. The number of carboxylic acid groups (broad SMARTS) is 1. The van der Waals surface area contributed by atoms with E-state index in [1.807, 2.05) is 10.6 Å². The zero-order valence-electron chi connectivity index (χ0n) is 18.5. The van der Waals surface area contributed by atoms with Crippen LogP contribution in [-0.2, 0) is 25.9 Å². The largest absolute Gasteiger partial charge is 0.479 e. The smallest absolute Gasteiger partial charge is 0.334 e. The van der Waals surface area contributed by atoms with Crippen molar-refractivity contribution in [3.63, 3.8) is 0 Å². The molecule has 0 saturated carbocycles. The van der Waals surface area contributed by atoms with Crippen molar-refractivity contribution in [1.29, 1.82) is 0 Å². The number of carboxylic acids is 1. The Kier molecular flexibility index (Phi) is 8.32. The number of hydrogen-bond donors (Lipinski definition) is 2. The zero-order valence-corrected chi connectivity index (χ0v) is 19.4. The van der Waals surface area contributed by atoms with E-state index in [4.69, 9.17) is 5.90 Å². The average Bonchev–Trinajstić information content (AvgIpc) is 3.33. The highest BCUT2D eigenvalue weighted by Gasteiger charge is 2.21. The second-order valence-electron chi connectivity index (χ2n) is 7.85. The summed E-state index contributed by atoms with van der Waals surface area (Å²) in [5.74, 6) is 3.61. The maximum Gasteiger partial charge on any atom is 0.334 e. The lowest BCUT2D eigenvalue weighted by Gasteiger charge is -2.23. The van der Waals surface area contributed by atoms with Gasteiger partial charge in [-0.3, -0.25) is 4.84 Å². The number of sulfone groups is 1. The number of hydrogen-bond acceptors (Lipinski definition) is 6. The summed E-state index contributed by atoms with van der Waals surface area (Å²) in [5.41, 5.74) is 2.46. The topological polar surface area (TPSA) is 125 Å². The van der Waals surface area contributed by atoms with Crippen LogP contribution in [0.4, 0.5) is 4.39 Å². The van der Waals surface area contributed by atoms with Crippen LogP contribution in [0.3, 0.4) is 0 Å². The van der Waals surface area contributed by atoms with Crippen molar-refractivity contribution in [1.82, 2.24) is 9.55 Å². The van der Waals surface area contributed by atoms with Gasteiger partial charge in [-0.1, -0.05) is 30.3 Å². The third-order valence-corrected chi connectivity index (χ3v) is 6.56. The molecule has 34 heavy (non-hydrogen) atoms. The first-order valence-corrected chi connectivity index (χ1v) is 12.4. The van der Waals surface area contributed by atoms with Crippen LogP contribution in [0.15, 0.2) is 78.2 Å². The Bertz CT molecular complexity index is 1220. The van der Waals surface area contributed by atoms with E-state index in [0.717, 1.165) is 23.0 Å². The maximum atomic E-state index is 13.5. The van der Waals surface area contributed by atoms with E-state index in [0.29, 0.717) is 12.8 Å². The molecular formula is C24H26FN3O5S. The normalized spacial score (nSPS) is 14.0. The molecule has 2 atom stereocenters. The van der Waals surface area contributed by atoms with Gasteiger partial charge in [0.15, 0.2) is 15.9 Å². The molecule has 3 aromatic rings. The Labute approximate surface area is 197 Å². The molecule has 3 N–H and O–H groups in total. The Hall–Kier alpha value is -3.34. The molecule has 0 aliphatic rings. The summed E-state index contributed by atoms with van der Waals surface area (Å²) in [6.45, 7) is 0. The molecule has 10 heteroatoms. The van der Waals surface area contributed by atoms with Gasteiger partial charge in [0.05, 0.1) is 17.3 Å². The molecule has 0 radical (unpaired) electrons. The van der Waals surface area contributed by atoms with Gasteiger partial charge in [0.2, 0.25) is 0 Å². The zero-order chi connectivity index (χ0) is 24.7. The number of nitrogens with zero attached hydrogens (tertiary/aromatic N) is 2. The number of aromatic nitrogens is 2. The van der Waals surface area contributed by atoms with Crippen LogP contribution >= 0.6 is 0 Å². The lowest BCUT2D eigenvalue weighted by molar-refractivity contribution is -0.151. The SMILES string of the molecule is CS(=O)(=O)c1ccc(C(=CCCC(ON)C(=O)O)C(Cc2ccc(F)cc2)n2ccnc2)cc1. The highest BCUT2D eigenvalue weighted by molar-refractivity contribution is 7.90. The lowest BCUT2D eigenvalue weighted by atomic mass is 9.91. The number of imidazole rings is 1. The van der Waals surface area contributed by atoms with E-state index in [-0.39, 0.29) is 23.2 Å². The van der Waals surface area contributed by atoms with Gasteiger partial charge in [0.25, 0.3) is 0 Å². The summed E-state index contributed by atoms with van der Waals surface area (Å²) in [7, 11) is -3.37. The first kappa shape index (κ1) is 25.3. The lowest BCUT2D eigenvalue weighted by Crippen LogP contribution is -2.26. The molecule has 1 heterocycles. The van der Waals surface area contributed by atoms with Crippen molar-refractivity contribution in [3.05, 3.63) is 90.3 Å². The van der Waals surface area contributed by atoms with E-state index >= 15 is 0 Å². The number of rotatable bonds is 11. The standard InChI is InChI=1S/C24H26FN3O5S/c1-34(31,32)20-11-7-18(8-12-20)21(3-2-4-23(33-26)24(29)30)22(28-14-13-27-16-28)15-17-5-9-19(25)10-6-17/h3,5-14,16,22-23H,2,4,15,26H2,1H3,(H,29,30). The van der Waals surface area contributed by atoms with Crippen LogP contribution in [0.2, 0.25) is 0 Å². The number of aliphatic carboxylic acids is 1. The average molecular weight is 488 g/mol. The summed E-state index contributed by atoms with van der Waals surface area (Å²) < 4.78 is 39.2. The number of allylic oxidation sites excluding steroid dienone is 2. The molecule has 0 amide bonds. The van der Waals surface area contributed by atoms with E-state index in [2.05, 4.69) is 9.82 Å². The van der Waals surface area contributed by atoms with Gasteiger partial charge < -0.3 is 9.67 Å². The number of carbonyl (C=O) groups is 1. The maximum absolute atomic E-state index is 13.5. The molecule has 0 aliphatic carbocycles. The molecule has 2 aromatic carbocycles. The molecule has 0 aliphatic heterocycles. The first-order chi connectivity index (χ1) is 16.2. The highest BCUT2D eigenvalue weighted by atomic mass is 32.2. The molecule has 0 fully saturated rings. The van der Waals surface area contributed by atoms with Gasteiger partial charge in [0, 0.05) is 18.6 Å². The van der Waals surface area contributed by atoms with Crippen LogP contribution in [0, 0.1) is 5.82 Å². The third kappa shape index (κ3) is 6.60. The Morgan fingerprint density at radius 2 is 1.88 bits per heavy atom. The molecule has 0 spiro atoms. The summed E-state index contributed by atoms with van der Waals surface area (Å²) in [6.07, 6.45) is 7.95. The van der Waals surface area contributed by atoms with Gasteiger partial charge in [-0.15, -0.1) is 0 Å². The summed E-state index contributed by atoms with van der Waals surface area (Å²) in [5, 5.41) is 9.21. The van der Waals surface area contributed by atoms with Crippen molar-refractivity contribution in [2.75, 3.05) is 6.26 Å². The molecular weight excluding hydrogens is 461 g/mol. The predicted octanol–water partition coefficient (Wildman–Crippen LogP) is 3.42. The first-order valence-electron chi connectivity index (χ1n) is 10.5. The monoisotopic (exact) mass is 487 g/mol. The minimum absolute atomic E-state index is 0.143. The fourth-order valence-electron chi connectivity index (χ4n) is 3.65. The molecule has 0 saturated heterocycles.